The summed E-state index contributed by atoms with van der Waals surface area (Å²) in [5.74, 6) is 1.36. The van der Waals surface area contributed by atoms with Crippen LogP contribution in [-0.2, 0) is 4.74 Å². The molecule has 3 heteroatoms. The third-order valence-electron chi connectivity index (χ3n) is 3.30. The molecule has 2 saturated heterocycles. The van der Waals surface area contributed by atoms with Crippen LogP contribution in [0.3, 0.4) is 0 Å². The summed E-state index contributed by atoms with van der Waals surface area (Å²) in [5.41, 5.74) is 0. The van der Waals surface area contributed by atoms with Crippen molar-refractivity contribution in [1.82, 2.24) is 4.90 Å². The predicted octanol–water partition coefficient (Wildman–Crippen LogP) is 1.88. The molecule has 3 nitrogen and oxygen atoms in total. The molecule has 0 aliphatic carbocycles. The van der Waals surface area contributed by atoms with Gasteiger partial charge >= 0.3 is 0 Å². The van der Waals surface area contributed by atoms with Crippen LogP contribution in [-0.4, -0.2) is 37.0 Å². The van der Waals surface area contributed by atoms with Gasteiger partial charge in [0, 0.05) is 32.2 Å². The molecule has 0 atom stereocenters. The zero-order valence-electron chi connectivity index (χ0n) is 8.80. The molecule has 0 aromatic carbocycles. The van der Waals surface area contributed by atoms with E-state index in [0.717, 1.165) is 45.0 Å². The molecule has 2 rings (SSSR count). The van der Waals surface area contributed by atoms with Crippen LogP contribution < -0.4 is 0 Å². The molecule has 80 valence electrons. The first kappa shape index (κ1) is 9.97. The topological polar surface area (TPSA) is 36.3 Å². The third kappa shape index (κ3) is 2.27. The van der Waals surface area contributed by atoms with Crippen molar-refractivity contribution in [2.45, 2.75) is 32.1 Å². The van der Waals surface area contributed by atoms with E-state index in [1.807, 2.05) is 0 Å². The van der Waals surface area contributed by atoms with Gasteiger partial charge in [-0.05, 0) is 32.1 Å². The van der Waals surface area contributed by atoms with E-state index in [9.17, 15) is 0 Å². The van der Waals surface area contributed by atoms with Crippen molar-refractivity contribution in [3.05, 3.63) is 0 Å². The van der Waals surface area contributed by atoms with Crippen molar-refractivity contribution in [3.63, 3.8) is 0 Å². The van der Waals surface area contributed by atoms with Crippen molar-refractivity contribution in [1.29, 1.82) is 5.41 Å². The Bertz CT molecular complexity index is 173. The number of ether oxygens (including phenoxy) is 1. The van der Waals surface area contributed by atoms with Crippen LogP contribution in [0.2, 0.25) is 0 Å². The molecule has 0 bridgehead atoms. The second-order valence-corrected chi connectivity index (χ2v) is 4.32. The van der Waals surface area contributed by atoms with Gasteiger partial charge in [0.05, 0.1) is 5.84 Å². The highest BCUT2D eigenvalue weighted by Gasteiger charge is 2.23. The number of hydrogen-bond acceptors (Lipinski definition) is 2. The van der Waals surface area contributed by atoms with Gasteiger partial charge < -0.3 is 9.64 Å². The van der Waals surface area contributed by atoms with Crippen LogP contribution in [0.25, 0.3) is 0 Å². The molecule has 2 aliphatic rings. The number of rotatable bonds is 1. The maximum atomic E-state index is 8.15. The molecule has 0 spiro atoms. The van der Waals surface area contributed by atoms with Crippen molar-refractivity contribution in [2.24, 2.45) is 5.92 Å². The zero-order valence-corrected chi connectivity index (χ0v) is 8.80. The summed E-state index contributed by atoms with van der Waals surface area (Å²) in [6.07, 6.45) is 5.99. The summed E-state index contributed by atoms with van der Waals surface area (Å²) >= 11 is 0. The molecule has 2 heterocycles. The number of likely N-dealkylation sites (tertiary alicyclic amines) is 1. The summed E-state index contributed by atoms with van der Waals surface area (Å²) in [6, 6.07) is 0. The Morgan fingerprint density at radius 1 is 1.07 bits per heavy atom. The Morgan fingerprint density at radius 2 is 1.71 bits per heavy atom. The van der Waals surface area contributed by atoms with E-state index < -0.39 is 0 Å². The fourth-order valence-corrected chi connectivity index (χ4v) is 2.36. The van der Waals surface area contributed by atoms with E-state index in [0.29, 0.717) is 5.92 Å². The lowest BCUT2D eigenvalue weighted by Crippen LogP contribution is -2.40. The van der Waals surface area contributed by atoms with E-state index in [4.69, 9.17) is 10.1 Å². The number of piperidine rings is 1. The summed E-state index contributed by atoms with van der Waals surface area (Å²) in [6.45, 7) is 3.91. The van der Waals surface area contributed by atoms with Crippen LogP contribution in [0.15, 0.2) is 0 Å². The zero-order chi connectivity index (χ0) is 9.80. The minimum Gasteiger partial charge on any atom is -0.381 e. The molecule has 0 aromatic rings. The minimum absolute atomic E-state index is 0.474. The largest absolute Gasteiger partial charge is 0.381 e. The highest BCUT2D eigenvalue weighted by atomic mass is 16.5. The Kier molecular flexibility index (Phi) is 3.40. The summed E-state index contributed by atoms with van der Waals surface area (Å²) in [7, 11) is 0. The van der Waals surface area contributed by atoms with Gasteiger partial charge in [0.25, 0.3) is 0 Å². The van der Waals surface area contributed by atoms with Crippen molar-refractivity contribution in [3.8, 4) is 0 Å². The predicted molar refractivity (Wildman–Crippen MR) is 56.7 cm³/mol. The van der Waals surface area contributed by atoms with Gasteiger partial charge in [0.1, 0.15) is 0 Å². The summed E-state index contributed by atoms with van der Waals surface area (Å²) < 4.78 is 5.32. The molecule has 2 aliphatic heterocycles. The van der Waals surface area contributed by atoms with E-state index in [1.54, 1.807) is 0 Å². The second-order valence-electron chi connectivity index (χ2n) is 4.32. The van der Waals surface area contributed by atoms with Gasteiger partial charge in [-0.1, -0.05) is 0 Å². The molecular formula is C11H20N2O. The molecule has 0 radical (unpaired) electrons. The van der Waals surface area contributed by atoms with E-state index in [2.05, 4.69) is 4.90 Å². The average Bonchev–Trinajstić information content (AvgIpc) is 2.30. The first-order valence-corrected chi connectivity index (χ1v) is 5.79. The molecule has 0 amide bonds. The highest BCUT2D eigenvalue weighted by molar-refractivity contribution is 5.81. The lowest BCUT2D eigenvalue weighted by molar-refractivity contribution is 0.0790. The standard InChI is InChI=1S/C11H20N2O/c12-11(10-4-8-14-9-5-10)13-6-2-1-3-7-13/h10,12H,1-9H2. The van der Waals surface area contributed by atoms with E-state index >= 15 is 0 Å². The second kappa shape index (κ2) is 4.78. The van der Waals surface area contributed by atoms with Crippen molar-refractivity contribution >= 4 is 5.84 Å². The first-order chi connectivity index (χ1) is 6.88. The number of hydrogen-bond donors (Lipinski definition) is 1. The lowest BCUT2D eigenvalue weighted by atomic mass is 9.97. The quantitative estimate of drug-likeness (QED) is 0.513. The van der Waals surface area contributed by atoms with Gasteiger partial charge in [0.15, 0.2) is 0 Å². The molecule has 1 N–H and O–H groups in total. The molecule has 0 aromatic heterocycles. The Balaban J connectivity index is 1.85. The SMILES string of the molecule is N=C(C1CCOCC1)N1CCCCC1. The van der Waals surface area contributed by atoms with E-state index in [1.165, 1.54) is 19.3 Å². The molecule has 0 unspecified atom stereocenters. The molecule has 14 heavy (non-hydrogen) atoms. The van der Waals surface area contributed by atoms with E-state index in [-0.39, 0.29) is 0 Å². The number of nitrogens with one attached hydrogen (secondary N) is 1. The smallest absolute Gasteiger partial charge is 0.0991 e. The number of nitrogens with zero attached hydrogens (tertiary/aromatic N) is 1. The summed E-state index contributed by atoms with van der Waals surface area (Å²) in [5, 5.41) is 8.15. The maximum Gasteiger partial charge on any atom is 0.0991 e. The van der Waals surface area contributed by atoms with Crippen molar-refractivity contribution < 1.29 is 4.74 Å². The maximum absolute atomic E-state index is 8.15. The fraction of sp³-hybridized carbons (Fsp3) is 0.909. The Hall–Kier alpha value is -0.570. The van der Waals surface area contributed by atoms with Crippen molar-refractivity contribution in [2.75, 3.05) is 26.3 Å². The van der Waals surface area contributed by atoms with Gasteiger partial charge in [-0.15, -0.1) is 0 Å². The normalized spacial score (nSPS) is 25.0. The molecule has 2 fully saturated rings. The average molecular weight is 196 g/mol. The minimum atomic E-state index is 0.474. The Labute approximate surface area is 85.9 Å². The third-order valence-corrected chi connectivity index (χ3v) is 3.30. The van der Waals surface area contributed by atoms with Crippen LogP contribution in [0.5, 0.6) is 0 Å². The first-order valence-electron chi connectivity index (χ1n) is 5.79. The van der Waals surface area contributed by atoms with Crippen LogP contribution >= 0.6 is 0 Å². The molecular weight excluding hydrogens is 176 g/mol. The monoisotopic (exact) mass is 196 g/mol. The van der Waals surface area contributed by atoms with Crippen LogP contribution in [0.1, 0.15) is 32.1 Å². The lowest BCUT2D eigenvalue weighted by Gasteiger charge is -2.34. The van der Waals surface area contributed by atoms with Crippen LogP contribution in [0.4, 0.5) is 0 Å². The highest BCUT2D eigenvalue weighted by Crippen LogP contribution is 2.20. The summed E-state index contributed by atoms with van der Waals surface area (Å²) in [4.78, 5) is 2.28. The number of amidine groups is 1. The fourth-order valence-electron chi connectivity index (χ4n) is 2.36. The molecule has 0 saturated carbocycles. The van der Waals surface area contributed by atoms with Gasteiger partial charge in [-0.2, -0.15) is 0 Å². The van der Waals surface area contributed by atoms with Gasteiger partial charge in [-0.3, -0.25) is 5.41 Å². The van der Waals surface area contributed by atoms with Gasteiger partial charge in [-0.25, -0.2) is 0 Å². The Morgan fingerprint density at radius 3 is 2.36 bits per heavy atom. The van der Waals surface area contributed by atoms with Crippen LogP contribution in [0, 0.1) is 11.3 Å². The van der Waals surface area contributed by atoms with Gasteiger partial charge in [0.2, 0.25) is 0 Å².